The Bertz CT molecular complexity index is 763. The van der Waals surface area contributed by atoms with Gasteiger partial charge in [-0.2, -0.15) is 0 Å². The Morgan fingerprint density at radius 3 is 2.16 bits per heavy atom. The standard InChI is InChI=1S/C20H20FNO3/c1-25-18(23)14-4-10-17(11-5-14)22-19(24)20(12-2-3-13-20)15-6-8-16(21)9-7-15/h4-11H,2-3,12-13H2,1H3,(H,22,24). The van der Waals surface area contributed by atoms with Crippen molar-refractivity contribution in [3.8, 4) is 0 Å². The van der Waals surface area contributed by atoms with Crippen molar-refractivity contribution in [2.24, 2.45) is 0 Å². The highest BCUT2D eigenvalue weighted by atomic mass is 19.1. The molecule has 1 N–H and O–H groups in total. The van der Waals surface area contributed by atoms with E-state index in [1.807, 2.05) is 0 Å². The van der Waals surface area contributed by atoms with E-state index in [1.165, 1.54) is 19.2 Å². The number of nitrogens with one attached hydrogen (secondary N) is 1. The summed E-state index contributed by atoms with van der Waals surface area (Å²) in [6.45, 7) is 0. The maximum Gasteiger partial charge on any atom is 0.337 e. The molecule has 1 amide bonds. The van der Waals surface area contributed by atoms with Gasteiger partial charge in [-0.15, -0.1) is 0 Å². The number of esters is 1. The molecule has 130 valence electrons. The number of halogens is 1. The zero-order chi connectivity index (χ0) is 17.9. The van der Waals surface area contributed by atoms with Gasteiger partial charge in [0.15, 0.2) is 0 Å². The van der Waals surface area contributed by atoms with Crippen molar-refractivity contribution < 1.29 is 18.7 Å². The number of anilines is 1. The van der Waals surface area contributed by atoms with Crippen molar-refractivity contribution in [2.75, 3.05) is 12.4 Å². The minimum atomic E-state index is -0.630. The van der Waals surface area contributed by atoms with E-state index in [-0.39, 0.29) is 11.7 Å². The highest BCUT2D eigenvalue weighted by molar-refractivity contribution is 6.00. The predicted octanol–water partition coefficient (Wildman–Crippen LogP) is 4.06. The van der Waals surface area contributed by atoms with Crippen LogP contribution in [0.5, 0.6) is 0 Å². The van der Waals surface area contributed by atoms with Gasteiger partial charge in [-0.05, 0) is 54.8 Å². The molecular weight excluding hydrogens is 321 g/mol. The fraction of sp³-hybridized carbons (Fsp3) is 0.300. The lowest BCUT2D eigenvalue weighted by molar-refractivity contribution is -0.121. The molecule has 0 spiro atoms. The molecule has 0 radical (unpaired) electrons. The lowest BCUT2D eigenvalue weighted by Gasteiger charge is -2.28. The molecule has 2 aromatic rings. The molecule has 5 heteroatoms. The minimum Gasteiger partial charge on any atom is -0.465 e. The Morgan fingerprint density at radius 1 is 1.00 bits per heavy atom. The molecule has 0 heterocycles. The van der Waals surface area contributed by atoms with Crippen LogP contribution in [-0.2, 0) is 14.9 Å². The van der Waals surface area contributed by atoms with E-state index >= 15 is 0 Å². The molecule has 2 aromatic carbocycles. The molecule has 4 nitrogen and oxygen atoms in total. The highest BCUT2D eigenvalue weighted by Gasteiger charge is 2.42. The third-order valence-corrected chi connectivity index (χ3v) is 4.85. The van der Waals surface area contributed by atoms with E-state index in [4.69, 9.17) is 0 Å². The Balaban J connectivity index is 1.82. The third kappa shape index (κ3) is 3.40. The summed E-state index contributed by atoms with van der Waals surface area (Å²) in [4.78, 5) is 24.5. The smallest absolute Gasteiger partial charge is 0.337 e. The zero-order valence-corrected chi connectivity index (χ0v) is 14.0. The summed E-state index contributed by atoms with van der Waals surface area (Å²) < 4.78 is 17.9. The summed E-state index contributed by atoms with van der Waals surface area (Å²) >= 11 is 0. The second kappa shape index (κ2) is 7.05. The summed E-state index contributed by atoms with van der Waals surface area (Å²) in [5.74, 6) is -0.824. The Hall–Kier alpha value is -2.69. The van der Waals surface area contributed by atoms with Gasteiger partial charge in [-0.3, -0.25) is 4.79 Å². The van der Waals surface area contributed by atoms with Gasteiger partial charge in [-0.25, -0.2) is 9.18 Å². The van der Waals surface area contributed by atoms with Crippen LogP contribution in [0.25, 0.3) is 0 Å². The van der Waals surface area contributed by atoms with Crippen LogP contribution in [0.2, 0.25) is 0 Å². The van der Waals surface area contributed by atoms with Crippen molar-refractivity contribution in [2.45, 2.75) is 31.1 Å². The predicted molar refractivity (Wildman–Crippen MR) is 93.0 cm³/mol. The Labute approximate surface area is 146 Å². The number of benzene rings is 2. The molecule has 1 aliphatic rings. The molecule has 0 unspecified atom stereocenters. The number of carbonyl (C=O) groups is 2. The quantitative estimate of drug-likeness (QED) is 0.853. The van der Waals surface area contributed by atoms with Gasteiger partial charge in [0.25, 0.3) is 0 Å². The summed E-state index contributed by atoms with van der Waals surface area (Å²) in [5, 5.41) is 2.94. The number of ether oxygens (including phenoxy) is 1. The number of hydrogen-bond acceptors (Lipinski definition) is 3. The van der Waals surface area contributed by atoms with Crippen molar-refractivity contribution in [1.29, 1.82) is 0 Å². The first-order valence-electron chi connectivity index (χ1n) is 8.31. The van der Waals surface area contributed by atoms with Gasteiger partial charge in [0.05, 0.1) is 18.1 Å². The van der Waals surface area contributed by atoms with Crippen LogP contribution in [0.15, 0.2) is 48.5 Å². The van der Waals surface area contributed by atoms with E-state index in [2.05, 4.69) is 10.1 Å². The fourth-order valence-electron chi connectivity index (χ4n) is 3.45. The average molecular weight is 341 g/mol. The third-order valence-electron chi connectivity index (χ3n) is 4.85. The monoisotopic (exact) mass is 341 g/mol. The largest absolute Gasteiger partial charge is 0.465 e. The van der Waals surface area contributed by atoms with E-state index in [0.717, 1.165) is 31.2 Å². The van der Waals surface area contributed by atoms with Crippen LogP contribution in [0.3, 0.4) is 0 Å². The molecule has 3 rings (SSSR count). The van der Waals surface area contributed by atoms with Crippen LogP contribution >= 0.6 is 0 Å². The molecule has 25 heavy (non-hydrogen) atoms. The SMILES string of the molecule is COC(=O)c1ccc(NC(=O)C2(c3ccc(F)cc3)CCCC2)cc1. The summed E-state index contributed by atoms with van der Waals surface area (Å²) in [6, 6.07) is 12.8. The summed E-state index contributed by atoms with van der Waals surface area (Å²) in [5.41, 5.74) is 1.25. The van der Waals surface area contributed by atoms with Gasteiger partial charge in [0, 0.05) is 5.69 Å². The number of rotatable bonds is 4. The Kier molecular flexibility index (Phi) is 4.83. The lowest BCUT2D eigenvalue weighted by Crippen LogP contribution is -2.38. The van der Waals surface area contributed by atoms with Crippen LogP contribution < -0.4 is 5.32 Å². The molecule has 0 atom stereocenters. The van der Waals surface area contributed by atoms with Crippen LogP contribution in [0.1, 0.15) is 41.6 Å². The number of hydrogen-bond donors (Lipinski definition) is 1. The molecule has 0 saturated heterocycles. The zero-order valence-electron chi connectivity index (χ0n) is 14.0. The van der Waals surface area contributed by atoms with Gasteiger partial charge in [0.2, 0.25) is 5.91 Å². The summed E-state index contributed by atoms with van der Waals surface area (Å²) in [7, 11) is 1.32. The lowest BCUT2D eigenvalue weighted by atomic mass is 9.78. The van der Waals surface area contributed by atoms with Gasteiger partial charge >= 0.3 is 5.97 Å². The first-order valence-corrected chi connectivity index (χ1v) is 8.31. The molecule has 0 aliphatic heterocycles. The average Bonchev–Trinajstić information content (AvgIpc) is 3.13. The summed E-state index contributed by atoms with van der Waals surface area (Å²) in [6.07, 6.45) is 3.41. The topological polar surface area (TPSA) is 55.4 Å². The number of methoxy groups -OCH3 is 1. The second-order valence-corrected chi connectivity index (χ2v) is 6.32. The molecule has 1 saturated carbocycles. The highest BCUT2D eigenvalue weighted by Crippen LogP contribution is 2.42. The first-order chi connectivity index (χ1) is 12.0. The van der Waals surface area contributed by atoms with E-state index in [9.17, 15) is 14.0 Å². The van der Waals surface area contributed by atoms with Gasteiger partial charge < -0.3 is 10.1 Å². The molecule has 1 aliphatic carbocycles. The molecule has 0 bridgehead atoms. The second-order valence-electron chi connectivity index (χ2n) is 6.32. The van der Waals surface area contributed by atoms with Gasteiger partial charge in [0.1, 0.15) is 5.82 Å². The van der Waals surface area contributed by atoms with Crippen molar-refractivity contribution in [1.82, 2.24) is 0 Å². The van der Waals surface area contributed by atoms with E-state index in [0.29, 0.717) is 11.3 Å². The molecular formula is C20H20FNO3. The van der Waals surface area contributed by atoms with Crippen LogP contribution in [0.4, 0.5) is 10.1 Å². The van der Waals surface area contributed by atoms with E-state index in [1.54, 1.807) is 36.4 Å². The maximum absolute atomic E-state index is 13.2. The minimum absolute atomic E-state index is 0.0950. The number of amides is 1. The van der Waals surface area contributed by atoms with Gasteiger partial charge in [-0.1, -0.05) is 25.0 Å². The normalized spacial score (nSPS) is 15.6. The Morgan fingerprint density at radius 2 is 1.60 bits per heavy atom. The van der Waals surface area contributed by atoms with Crippen molar-refractivity contribution in [3.05, 3.63) is 65.5 Å². The molecule has 1 fully saturated rings. The molecule has 0 aromatic heterocycles. The van der Waals surface area contributed by atoms with Crippen molar-refractivity contribution in [3.63, 3.8) is 0 Å². The van der Waals surface area contributed by atoms with Crippen LogP contribution in [-0.4, -0.2) is 19.0 Å². The fourth-order valence-corrected chi connectivity index (χ4v) is 3.45. The number of carbonyl (C=O) groups excluding carboxylic acids is 2. The van der Waals surface area contributed by atoms with E-state index < -0.39 is 11.4 Å². The first kappa shape index (κ1) is 17.1. The van der Waals surface area contributed by atoms with Crippen molar-refractivity contribution >= 4 is 17.6 Å². The maximum atomic E-state index is 13.2. The van der Waals surface area contributed by atoms with Crippen LogP contribution in [0, 0.1) is 5.82 Å².